The number of benzene rings is 1. The second-order valence-electron chi connectivity index (χ2n) is 6.69. The van der Waals surface area contributed by atoms with E-state index in [9.17, 15) is 18.0 Å². The number of piperidine rings is 1. The van der Waals surface area contributed by atoms with E-state index < -0.39 is 17.6 Å². The van der Waals surface area contributed by atoms with Gasteiger partial charge in [0.15, 0.2) is 0 Å². The number of hydrogen-bond donors (Lipinski definition) is 2. The molecular weight excluding hydrogens is 307 g/mol. The fraction of sp³-hybridized carbons (Fsp3) is 0.562. The van der Waals surface area contributed by atoms with E-state index in [1.54, 1.807) is 0 Å². The number of hydrogen-bond acceptors (Lipinski definition) is 3. The fourth-order valence-corrected chi connectivity index (χ4v) is 2.85. The van der Waals surface area contributed by atoms with Crippen LogP contribution in [-0.2, 0) is 11.0 Å². The summed E-state index contributed by atoms with van der Waals surface area (Å²) in [6, 6.07) is 5.05. The molecule has 1 heterocycles. The minimum absolute atomic E-state index is 0.0579. The van der Waals surface area contributed by atoms with Gasteiger partial charge in [0.1, 0.15) is 0 Å². The fourth-order valence-electron chi connectivity index (χ4n) is 2.85. The summed E-state index contributed by atoms with van der Waals surface area (Å²) < 4.78 is 38.8. The van der Waals surface area contributed by atoms with Gasteiger partial charge in [0.2, 0.25) is 5.91 Å². The molecule has 0 radical (unpaired) electrons. The molecule has 1 unspecified atom stereocenters. The number of alkyl halides is 3. The molecule has 1 aromatic carbocycles. The lowest BCUT2D eigenvalue weighted by Gasteiger charge is -2.42. The lowest BCUT2D eigenvalue weighted by molar-refractivity contribution is -0.137. The Morgan fingerprint density at radius 1 is 1.39 bits per heavy atom. The van der Waals surface area contributed by atoms with Crippen molar-refractivity contribution in [2.45, 2.75) is 32.5 Å². The Morgan fingerprint density at radius 2 is 2.04 bits per heavy atom. The Morgan fingerprint density at radius 3 is 2.65 bits per heavy atom. The molecule has 23 heavy (non-hydrogen) atoms. The molecule has 0 aromatic heterocycles. The number of likely N-dealkylation sites (tertiary alicyclic amines) is 1. The highest BCUT2D eigenvalue weighted by atomic mass is 19.4. The summed E-state index contributed by atoms with van der Waals surface area (Å²) in [5.41, 5.74) is 4.87. The molecule has 4 nitrogen and oxygen atoms in total. The van der Waals surface area contributed by atoms with E-state index in [-0.39, 0.29) is 23.7 Å². The third kappa shape index (κ3) is 4.45. The minimum atomic E-state index is -4.50. The normalized spacial score (nSPS) is 21.9. The Labute approximate surface area is 133 Å². The predicted molar refractivity (Wildman–Crippen MR) is 82.9 cm³/mol. The van der Waals surface area contributed by atoms with Crippen molar-refractivity contribution in [2.75, 3.05) is 25.0 Å². The van der Waals surface area contributed by atoms with Crippen LogP contribution in [-0.4, -0.2) is 36.5 Å². The second-order valence-corrected chi connectivity index (χ2v) is 6.69. The number of anilines is 1. The molecule has 1 aliphatic rings. The SMILES string of the molecule is CC1(C)CN(CC(=O)Nc2ccccc2C(F)(F)F)CCC1N. The maximum atomic E-state index is 12.9. The van der Waals surface area contributed by atoms with Crippen LogP contribution in [0, 0.1) is 5.41 Å². The maximum Gasteiger partial charge on any atom is 0.418 e. The van der Waals surface area contributed by atoms with E-state index in [4.69, 9.17) is 5.73 Å². The van der Waals surface area contributed by atoms with Crippen molar-refractivity contribution in [2.24, 2.45) is 11.1 Å². The van der Waals surface area contributed by atoms with Gasteiger partial charge in [-0.25, -0.2) is 0 Å². The van der Waals surface area contributed by atoms with Crippen LogP contribution in [0.3, 0.4) is 0 Å². The van der Waals surface area contributed by atoms with Gasteiger partial charge >= 0.3 is 6.18 Å². The van der Waals surface area contributed by atoms with Crippen LogP contribution in [0.4, 0.5) is 18.9 Å². The van der Waals surface area contributed by atoms with Crippen LogP contribution >= 0.6 is 0 Å². The Bertz CT molecular complexity index is 572. The van der Waals surface area contributed by atoms with Crippen molar-refractivity contribution in [1.29, 1.82) is 0 Å². The Hall–Kier alpha value is -1.60. The van der Waals surface area contributed by atoms with E-state index in [0.717, 1.165) is 12.5 Å². The van der Waals surface area contributed by atoms with Gasteiger partial charge in [-0.1, -0.05) is 26.0 Å². The number of nitrogens with one attached hydrogen (secondary N) is 1. The number of para-hydroxylation sites is 1. The molecule has 128 valence electrons. The highest BCUT2D eigenvalue weighted by Crippen LogP contribution is 2.34. The molecule has 2 rings (SSSR count). The van der Waals surface area contributed by atoms with Crippen LogP contribution in [0.15, 0.2) is 24.3 Å². The molecule has 0 spiro atoms. The summed E-state index contributed by atoms with van der Waals surface area (Å²) in [5, 5.41) is 2.37. The summed E-state index contributed by atoms with van der Waals surface area (Å²) in [4.78, 5) is 14.0. The van der Waals surface area contributed by atoms with Gasteiger partial charge in [-0.15, -0.1) is 0 Å². The quantitative estimate of drug-likeness (QED) is 0.896. The molecule has 1 fully saturated rings. The molecule has 0 saturated carbocycles. The van der Waals surface area contributed by atoms with E-state index in [1.807, 2.05) is 18.7 Å². The lowest BCUT2D eigenvalue weighted by atomic mass is 9.80. The van der Waals surface area contributed by atoms with Gasteiger partial charge in [-0.05, 0) is 24.0 Å². The number of carbonyl (C=O) groups excluding carboxylic acids is 1. The largest absolute Gasteiger partial charge is 0.418 e. The van der Waals surface area contributed by atoms with Crippen LogP contribution in [0.1, 0.15) is 25.8 Å². The van der Waals surface area contributed by atoms with Crippen LogP contribution in [0.2, 0.25) is 0 Å². The number of nitrogens with zero attached hydrogens (tertiary/aromatic N) is 1. The number of nitrogens with two attached hydrogens (primary N) is 1. The van der Waals surface area contributed by atoms with Gasteiger partial charge in [0.05, 0.1) is 17.8 Å². The van der Waals surface area contributed by atoms with E-state index in [0.29, 0.717) is 13.1 Å². The standard InChI is InChI=1S/C16H22F3N3O/c1-15(2)10-22(8-7-13(15)20)9-14(23)21-12-6-4-3-5-11(12)16(17,18)19/h3-6,13H,7-10,20H2,1-2H3,(H,21,23). The third-order valence-electron chi connectivity index (χ3n) is 4.26. The average molecular weight is 329 g/mol. The van der Waals surface area contributed by atoms with Crippen molar-refractivity contribution in [3.05, 3.63) is 29.8 Å². The maximum absolute atomic E-state index is 12.9. The zero-order valence-corrected chi connectivity index (χ0v) is 13.3. The number of carbonyl (C=O) groups is 1. The Kier molecular flexibility index (Phi) is 5.01. The first-order valence-electron chi connectivity index (χ1n) is 7.53. The van der Waals surface area contributed by atoms with Crippen molar-refractivity contribution in [1.82, 2.24) is 4.90 Å². The molecule has 0 bridgehead atoms. The van der Waals surface area contributed by atoms with Crippen molar-refractivity contribution in [3.8, 4) is 0 Å². The lowest BCUT2D eigenvalue weighted by Crippen LogP contribution is -2.53. The van der Waals surface area contributed by atoms with E-state index in [1.165, 1.54) is 18.2 Å². The van der Waals surface area contributed by atoms with Gasteiger partial charge in [0, 0.05) is 19.1 Å². The molecule has 1 aliphatic heterocycles. The minimum Gasteiger partial charge on any atom is -0.327 e. The zero-order chi connectivity index (χ0) is 17.3. The third-order valence-corrected chi connectivity index (χ3v) is 4.26. The number of amides is 1. The van der Waals surface area contributed by atoms with Gasteiger partial charge in [0.25, 0.3) is 0 Å². The highest BCUT2D eigenvalue weighted by Gasteiger charge is 2.35. The van der Waals surface area contributed by atoms with Gasteiger partial charge in [-0.3, -0.25) is 9.69 Å². The van der Waals surface area contributed by atoms with Gasteiger partial charge in [-0.2, -0.15) is 13.2 Å². The summed E-state index contributed by atoms with van der Waals surface area (Å²) >= 11 is 0. The smallest absolute Gasteiger partial charge is 0.327 e. The highest BCUT2D eigenvalue weighted by molar-refractivity contribution is 5.93. The zero-order valence-electron chi connectivity index (χ0n) is 13.3. The van der Waals surface area contributed by atoms with Crippen molar-refractivity contribution >= 4 is 11.6 Å². The van der Waals surface area contributed by atoms with Crippen LogP contribution in [0.5, 0.6) is 0 Å². The van der Waals surface area contributed by atoms with Crippen molar-refractivity contribution in [3.63, 3.8) is 0 Å². The topological polar surface area (TPSA) is 58.4 Å². The molecule has 3 N–H and O–H groups in total. The predicted octanol–water partition coefficient (Wildman–Crippen LogP) is 2.70. The molecule has 7 heteroatoms. The van der Waals surface area contributed by atoms with E-state index in [2.05, 4.69) is 5.32 Å². The number of rotatable bonds is 3. The molecular formula is C16H22F3N3O. The average Bonchev–Trinajstić information content (AvgIpc) is 2.42. The van der Waals surface area contributed by atoms with Crippen molar-refractivity contribution < 1.29 is 18.0 Å². The molecule has 1 saturated heterocycles. The molecule has 0 aliphatic carbocycles. The first-order valence-corrected chi connectivity index (χ1v) is 7.53. The molecule has 1 aromatic rings. The monoisotopic (exact) mass is 329 g/mol. The molecule has 1 atom stereocenters. The molecule has 1 amide bonds. The van der Waals surface area contributed by atoms with Crippen LogP contribution in [0.25, 0.3) is 0 Å². The summed E-state index contributed by atoms with van der Waals surface area (Å²) in [7, 11) is 0. The van der Waals surface area contributed by atoms with Gasteiger partial charge < -0.3 is 11.1 Å². The van der Waals surface area contributed by atoms with E-state index >= 15 is 0 Å². The summed E-state index contributed by atoms with van der Waals surface area (Å²) in [6.45, 7) is 5.42. The summed E-state index contributed by atoms with van der Waals surface area (Å²) in [5.74, 6) is -0.451. The second kappa shape index (κ2) is 6.49. The van der Waals surface area contributed by atoms with Crippen LogP contribution < -0.4 is 11.1 Å². The first kappa shape index (κ1) is 17.7. The Balaban J connectivity index is 2.01. The number of halogens is 3. The first-order chi connectivity index (χ1) is 10.6. The summed E-state index contributed by atoms with van der Waals surface area (Å²) in [6.07, 6.45) is -3.73.